The molecule has 2 N–H and O–H groups in total. The van der Waals surface area contributed by atoms with Crippen molar-refractivity contribution in [2.24, 2.45) is 17.8 Å². The molecule has 38 heavy (non-hydrogen) atoms. The molecular weight excluding hydrogens is 470 g/mol. The molecule has 0 aromatic heterocycles. The molecule has 1 saturated carbocycles. The van der Waals surface area contributed by atoms with Gasteiger partial charge in [-0.15, -0.1) is 0 Å². The van der Waals surface area contributed by atoms with Gasteiger partial charge >= 0.3 is 0 Å². The average Bonchev–Trinajstić information content (AvgIpc) is 3.74. The molecule has 9 fully saturated rings. The molecule has 1 aliphatic carbocycles. The summed E-state index contributed by atoms with van der Waals surface area (Å²) in [6.07, 6.45) is 20.6. The van der Waals surface area contributed by atoms with E-state index >= 15 is 0 Å². The Kier molecular flexibility index (Phi) is 8.64. The quantitative estimate of drug-likeness (QED) is 0.501. The van der Waals surface area contributed by atoms with E-state index in [9.17, 15) is 0 Å². The summed E-state index contributed by atoms with van der Waals surface area (Å²) in [5.41, 5.74) is 0. The summed E-state index contributed by atoms with van der Waals surface area (Å²) in [6.45, 7) is 10.9. The summed E-state index contributed by atoms with van der Waals surface area (Å²) in [4.78, 5) is 8.37. The monoisotopic (exact) mass is 527 g/mol. The minimum atomic E-state index is 0.739. The maximum atomic E-state index is 5.53. The van der Waals surface area contributed by atoms with E-state index in [1.165, 1.54) is 129 Å². The Bertz CT molecular complexity index is 684. The van der Waals surface area contributed by atoms with Crippen LogP contribution in [0.5, 0.6) is 0 Å². The van der Waals surface area contributed by atoms with Gasteiger partial charge in [-0.1, -0.05) is 19.3 Å². The lowest BCUT2D eigenvalue weighted by molar-refractivity contribution is -0.00627. The zero-order chi connectivity index (χ0) is 25.3. The standard InChI is InChI=1S/C11H20N2.C11H19N.C10H18N2O/c1-2-6-13-10(3-1)7-9-8-12-5-4-11(9)13;1-2-6-11-9(4-1)8-10-5-3-7-12(10)11;1-2-11-6-8-5-9-7-13-4-3-12(9)10(1)8/h9-12H,1-8H2;9-11H,1-8H2;8-11H,1-7H2. The van der Waals surface area contributed by atoms with E-state index in [0.29, 0.717) is 0 Å². The van der Waals surface area contributed by atoms with Crippen LogP contribution < -0.4 is 10.6 Å². The molecule has 9 rings (SSSR count). The first-order chi connectivity index (χ1) is 18.8. The van der Waals surface area contributed by atoms with Gasteiger partial charge in [-0.3, -0.25) is 14.7 Å². The highest BCUT2D eigenvalue weighted by Crippen LogP contribution is 2.43. The van der Waals surface area contributed by atoms with Gasteiger partial charge in [0, 0.05) is 42.8 Å². The predicted molar refractivity (Wildman–Crippen MR) is 155 cm³/mol. The smallest absolute Gasteiger partial charge is 0.0622 e. The van der Waals surface area contributed by atoms with Gasteiger partial charge in [0.15, 0.2) is 0 Å². The maximum absolute atomic E-state index is 5.53. The van der Waals surface area contributed by atoms with Crippen LogP contribution in [0.1, 0.15) is 89.9 Å². The fourth-order valence-electron chi connectivity index (χ4n) is 10.7. The lowest BCUT2D eigenvalue weighted by atomic mass is 9.84. The van der Waals surface area contributed by atoms with Crippen molar-refractivity contribution < 1.29 is 4.74 Å². The zero-order valence-corrected chi connectivity index (χ0v) is 24.2. The second kappa shape index (κ2) is 12.3. The van der Waals surface area contributed by atoms with Gasteiger partial charge in [0.2, 0.25) is 0 Å². The number of nitrogens with zero attached hydrogens (tertiary/aromatic N) is 3. The Hall–Kier alpha value is -0.240. The van der Waals surface area contributed by atoms with E-state index in [4.69, 9.17) is 4.74 Å². The minimum absolute atomic E-state index is 0.739. The van der Waals surface area contributed by atoms with Gasteiger partial charge in [0.1, 0.15) is 0 Å². The van der Waals surface area contributed by atoms with E-state index in [1.807, 2.05) is 0 Å². The third-order valence-electron chi connectivity index (χ3n) is 12.4. The number of ether oxygens (including phenoxy) is 1. The van der Waals surface area contributed by atoms with Crippen LogP contribution in [0.4, 0.5) is 0 Å². The van der Waals surface area contributed by atoms with E-state index in [1.54, 1.807) is 6.42 Å². The summed E-state index contributed by atoms with van der Waals surface area (Å²) < 4.78 is 5.53. The molecule has 0 amide bonds. The van der Waals surface area contributed by atoms with E-state index in [-0.39, 0.29) is 0 Å². The van der Waals surface area contributed by atoms with Gasteiger partial charge in [0.25, 0.3) is 0 Å². The van der Waals surface area contributed by atoms with Gasteiger partial charge in [-0.05, 0) is 128 Å². The molecule has 6 nitrogen and oxygen atoms in total. The fraction of sp³-hybridized carbons (Fsp3) is 1.00. The van der Waals surface area contributed by atoms with Crippen LogP contribution >= 0.6 is 0 Å². The molecule has 0 radical (unpaired) electrons. The first kappa shape index (κ1) is 26.6. The summed E-state index contributed by atoms with van der Waals surface area (Å²) >= 11 is 0. The van der Waals surface area contributed by atoms with Gasteiger partial charge in [-0.2, -0.15) is 0 Å². The van der Waals surface area contributed by atoms with Crippen LogP contribution in [0.3, 0.4) is 0 Å². The molecule has 9 atom stereocenters. The molecule has 0 spiro atoms. The molecule has 8 aliphatic heterocycles. The summed E-state index contributed by atoms with van der Waals surface area (Å²) in [5.74, 6) is 2.99. The third kappa shape index (κ3) is 5.48. The van der Waals surface area contributed by atoms with Gasteiger partial charge in [0.05, 0.1) is 13.2 Å². The van der Waals surface area contributed by atoms with Crippen LogP contribution in [-0.2, 0) is 4.74 Å². The van der Waals surface area contributed by atoms with Crippen LogP contribution in [0, 0.1) is 17.8 Å². The molecular formula is C32H57N5O. The number of fused-ring (bicyclic) bond motifs is 9. The molecule has 8 heterocycles. The highest BCUT2D eigenvalue weighted by molar-refractivity contribution is 5.00. The Labute approximate surface area is 233 Å². The third-order valence-corrected chi connectivity index (χ3v) is 12.4. The van der Waals surface area contributed by atoms with Gasteiger partial charge < -0.3 is 15.4 Å². The molecule has 9 aliphatic rings. The number of nitrogens with one attached hydrogen (secondary N) is 2. The Morgan fingerprint density at radius 2 is 1.08 bits per heavy atom. The SMILES string of the molecule is C1CC2C(CN1)CC1COCCN12.C1CCC2C(C1)CC1CCCN12.C1CCN2C(C1)CC1CNCCC12. The van der Waals surface area contributed by atoms with Crippen molar-refractivity contribution in [3.63, 3.8) is 0 Å². The van der Waals surface area contributed by atoms with Crippen molar-refractivity contribution >= 4 is 0 Å². The summed E-state index contributed by atoms with van der Waals surface area (Å²) in [5, 5.41) is 7.04. The molecule has 0 aromatic carbocycles. The second-order valence-corrected chi connectivity index (χ2v) is 14.3. The molecule has 0 bridgehead atoms. The van der Waals surface area contributed by atoms with E-state index < -0.39 is 0 Å². The van der Waals surface area contributed by atoms with E-state index in [2.05, 4.69) is 25.3 Å². The van der Waals surface area contributed by atoms with E-state index in [0.717, 1.165) is 67.2 Å². The topological polar surface area (TPSA) is 43.0 Å². The van der Waals surface area contributed by atoms with Crippen molar-refractivity contribution in [2.75, 3.05) is 59.0 Å². The highest BCUT2D eigenvalue weighted by Gasteiger charge is 2.45. The first-order valence-corrected chi connectivity index (χ1v) is 17.1. The number of hydrogen-bond acceptors (Lipinski definition) is 6. The molecule has 216 valence electrons. The Balaban J connectivity index is 0.0000000956. The van der Waals surface area contributed by atoms with Crippen LogP contribution in [0.15, 0.2) is 0 Å². The van der Waals surface area contributed by atoms with Crippen molar-refractivity contribution in [1.29, 1.82) is 0 Å². The van der Waals surface area contributed by atoms with Crippen molar-refractivity contribution in [3.8, 4) is 0 Å². The summed E-state index contributed by atoms with van der Waals surface area (Å²) in [6, 6.07) is 5.55. The molecule has 6 heteroatoms. The normalized spacial score (nSPS) is 46.3. The van der Waals surface area contributed by atoms with Crippen LogP contribution in [-0.4, -0.2) is 110 Å². The lowest BCUT2D eigenvalue weighted by Gasteiger charge is -2.36. The number of hydrogen-bond donors (Lipinski definition) is 2. The Morgan fingerprint density at radius 3 is 1.87 bits per heavy atom. The largest absolute Gasteiger partial charge is 0.378 e. The number of piperidine rings is 3. The molecule has 9 unspecified atom stereocenters. The molecule has 0 aromatic rings. The highest BCUT2D eigenvalue weighted by atomic mass is 16.5. The lowest BCUT2D eigenvalue weighted by Crippen LogP contribution is -2.49. The van der Waals surface area contributed by atoms with Gasteiger partial charge in [-0.25, -0.2) is 0 Å². The minimum Gasteiger partial charge on any atom is -0.378 e. The first-order valence-electron chi connectivity index (χ1n) is 17.1. The molecule has 8 saturated heterocycles. The van der Waals surface area contributed by atoms with Crippen molar-refractivity contribution in [3.05, 3.63) is 0 Å². The second-order valence-electron chi connectivity index (χ2n) is 14.3. The average molecular weight is 528 g/mol. The van der Waals surface area contributed by atoms with Crippen LogP contribution in [0.2, 0.25) is 0 Å². The zero-order valence-electron chi connectivity index (χ0n) is 24.2. The number of morpholine rings is 1. The summed E-state index contributed by atoms with van der Waals surface area (Å²) in [7, 11) is 0. The van der Waals surface area contributed by atoms with Crippen LogP contribution in [0.25, 0.3) is 0 Å². The predicted octanol–water partition coefficient (Wildman–Crippen LogP) is 3.71. The fourth-order valence-corrected chi connectivity index (χ4v) is 10.7. The van der Waals surface area contributed by atoms with Crippen molar-refractivity contribution in [1.82, 2.24) is 25.3 Å². The Morgan fingerprint density at radius 1 is 0.500 bits per heavy atom. The van der Waals surface area contributed by atoms with Crippen molar-refractivity contribution in [2.45, 2.75) is 126 Å². The number of rotatable bonds is 0. The maximum Gasteiger partial charge on any atom is 0.0622 e.